The number of halogens is 2. The molecule has 1 saturated heterocycles. The first-order chi connectivity index (χ1) is 14.4. The highest BCUT2D eigenvalue weighted by Crippen LogP contribution is 2.25. The molecule has 2 aromatic carbocycles. The normalized spacial score (nSPS) is 13.9. The van der Waals surface area contributed by atoms with E-state index in [-0.39, 0.29) is 41.7 Å². The molecule has 4 rings (SSSR count). The predicted octanol–water partition coefficient (Wildman–Crippen LogP) is 2.08. The molecule has 1 aromatic heterocycles. The molecule has 1 aliphatic rings. The lowest BCUT2D eigenvalue weighted by atomic mass is 10.1. The van der Waals surface area contributed by atoms with Crippen molar-refractivity contribution in [1.29, 1.82) is 0 Å². The molecule has 0 unspecified atom stereocenters. The van der Waals surface area contributed by atoms with E-state index < -0.39 is 17.3 Å². The van der Waals surface area contributed by atoms with Crippen molar-refractivity contribution in [2.45, 2.75) is 0 Å². The summed E-state index contributed by atoms with van der Waals surface area (Å²) in [6.45, 7) is 0.509. The minimum Gasteiger partial charge on any atom is -0.484 e. The number of rotatable bonds is 4. The molecule has 2 amide bonds. The molecule has 1 aliphatic heterocycles. The molecule has 2 heterocycles. The van der Waals surface area contributed by atoms with Crippen molar-refractivity contribution in [3.05, 3.63) is 64.5 Å². The molecular weight excluding hydrogens is 398 g/mol. The third kappa shape index (κ3) is 4.14. The predicted molar refractivity (Wildman–Crippen MR) is 103 cm³/mol. The molecule has 0 saturated carbocycles. The average Bonchev–Trinajstić information content (AvgIpc) is 2.70. The van der Waals surface area contributed by atoms with E-state index in [9.17, 15) is 23.2 Å². The Morgan fingerprint density at radius 3 is 2.60 bits per heavy atom. The summed E-state index contributed by atoms with van der Waals surface area (Å²) in [5.41, 5.74) is -0.476. The Morgan fingerprint density at radius 1 is 1.10 bits per heavy atom. The van der Waals surface area contributed by atoms with Crippen molar-refractivity contribution in [1.82, 2.24) is 10.2 Å². The fraction of sp³-hybridized carbons (Fsp3) is 0.190. The number of amides is 2. The molecule has 0 bridgehead atoms. The number of carbonyl (C=O) groups is 2. The van der Waals surface area contributed by atoms with Gasteiger partial charge in [0.2, 0.25) is 5.91 Å². The van der Waals surface area contributed by atoms with Gasteiger partial charge in [0, 0.05) is 30.6 Å². The Kier molecular flexibility index (Phi) is 5.18. The quantitative estimate of drug-likeness (QED) is 0.661. The van der Waals surface area contributed by atoms with Crippen LogP contribution in [-0.4, -0.2) is 43.0 Å². The molecule has 3 aromatic rings. The number of fused-ring (bicyclic) bond motifs is 1. The van der Waals surface area contributed by atoms with Gasteiger partial charge in [-0.3, -0.25) is 9.59 Å². The Labute approximate surface area is 168 Å². The summed E-state index contributed by atoms with van der Waals surface area (Å²) in [5.74, 6) is -1.87. The maximum absolute atomic E-state index is 13.5. The number of nitrogens with zero attached hydrogens (tertiary/aromatic N) is 1. The molecule has 0 aliphatic carbocycles. The van der Waals surface area contributed by atoms with Crippen LogP contribution in [0.15, 0.2) is 51.7 Å². The second-order valence-corrected chi connectivity index (χ2v) is 6.76. The zero-order chi connectivity index (χ0) is 21.3. The molecular formula is C21H16F2N2O5. The van der Waals surface area contributed by atoms with Crippen LogP contribution < -0.4 is 15.7 Å². The number of benzene rings is 2. The Bertz CT molecular complexity index is 1190. The van der Waals surface area contributed by atoms with Crippen molar-refractivity contribution in [2.75, 3.05) is 26.2 Å². The standard InChI is InChI=1S/C21H16F2N2O5/c22-14-5-13(6-15(23)8-14)17-7-12-1-2-16(9-18(12)30-21(17)28)29-11-20(27)25-4-3-24-19(26)10-25/h1-2,5-9H,3-4,10-11H2,(H,24,26). The molecule has 1 N–H and O–H groups in total. The lowest BCUT2D eigenvalue weighted by Crippen LogP contribution is -2.51. The molecule has 0 spiro atoms. The summed E-state index contributed by atoms with van der Waals surface area (Å²) in [6, 6.07) is 8.91. The van der Waals surface area contributed by atoms with Crippen LogP contribution >= 0.6 is 0 Å². The molecule has 7 nitrogen and oxygen atoms in total. The van der Waals surface area contributed by atoms with Gasteiger partial charge in [0.25, 0.3) is 5.91 Å². The third-order valence-electron chi connectivity index (χ3n) is 4.63. The zero-order valence-electron chi connectivity index (χ0n) is 15.6. The van der Waals surface area contributed by atoms with Crippen LogP contribution in [-0.2, 0) is 9.59 Å². The van der Waals surface area contributed by atoms with Crippen LogP contribution in [0.1, 0.15) is 0 Å². The highest BCUT2D eigenvalue weighted by molar-refractivity contribution is 5.87. The fourth-order valence-electron chi connectivity index (χ4n) is 3.18. The van der Waals surface area contributed by atoms with Crippen LogP contribution in [0, 0.1) is 11.6 Å². The van der Waals surface area contributed by atoms with Gasteiger partial charge in [-0.1, -0.05) is 0 Å². The average molecular weight is 414 g/mol. The highest BCUT2D eigenvalue weighted by Gasteiger charge is 2.21. The maximum atomic E-state index is 13.5. The smallest absolute Gasteiger partial charge is 0.344 e. The molecule has 9 heteroatoms. The largest absolute Gasteiger partial charge is 0.484 e. The number of piperazine rings is 1. The van der Waals surface area contributed by atoms with Gasteiger partial charge in [-0.2, -0.15) is 0 Å². The number of hydrogen-bond acceptors (Lipinski definition) is 5. The van der Waals surface area contributed by atoms with Crippen molar-refractivity contribution in [3.8, 4) is 16.9 Å². The first-order valence-corrected chi connectivity index (χ1v) is 9.11. The Hall–Kier alpha value is -3.75. The summed E-state index contributed by atoms with van der Waals surface area (Å²) >= 11 is 0. The third-order valence-corrected chi connectivity index (χ3v) is 4.63. The van der Waals surface area contributed by atoms with E-state index in [1.165, 1.54) is 17.0 Å². The van der Waals surface area contributed by atoms with Gasteiger partial charge in [-0.15, -0.1) is 0 Å². The van der Waals surface area contributed by atoms with Crippen LogP contribution in [0.3, 0.4) is 0 Å². The molecule has 0 atom stereocenters. The van der Waals surface area contributed by atoms with Crippen LogP contribution in [0.25, 0.3) is 22.1 Å². The van der Waals surface area contributed by atoms with Gasteiger partial charge < -0.3 is 19.4 Å². The maximum Gasteiger partial charge on any atom is 0.344 e. The first kappa shape index (κ1) is 19.6. The summed E-state index contributed by atoms with van der Waals surface area (Å²) in [4.78, 5) is 37.3. The lowest BCUT2D eigenvalue weighted by molar-refractivity contribution is -0.139. The number of nitrogens with one attached hydrogen (secondary N) is 1. The molecule has 30 heavy (non-hydrogen) atoms. The van der Waals surface area contributed by atoms with Gasteiger partial charge >= 0.3 is 5.63 Å². The second-order valence-electron chi connectivity index (χ2n) is 6.76. The fourth-order valence-corrected chi connectivity index (χ4v) is 3.18. The van der Waals surface area contributed by atoms with Crippen LogP contribution in [0.4, 0.5) is 8.78 Å². The van der Waals surface area contributed by atoms with Gasteiger partial charge in [-0.25, -0.2) is 13.6 Å². The summed E-state index contributed by atoms with van der Waals surface area (Å²) in [6.07, 6.45) is 0. The van der Waals surface area contributed by atoms with E-state index in [0.717, 1.165) is 12.1 Å². The van der Waals surface area contributed by atoms with Crippen molar-refractivity contribution in [3.63, 3.8) is 0 Å². The van der Waals surface area contributed by atoms with E-state index in [2.05, 4.69) is 5.32 Å². The van der Waals surface area contributed by atoms with E-state index in [1.807, 2.05) is 0 Å². The summed E-state index contributed by atoms with van der Waals surface area (Å²) in [5, 5.41) is 3.15. The van der Waals surface area contributed by atoms with Crippen LogP contribution in [0.2, 0.25) is 0 Å². The topological polar surface area (TPSA) is 88.8 Å². The number of carbonyl (C=O) groups excluding carboxylic acids is 2. The monoisotopic (exact) mass is 414 g/mol. The zero-order valence-corrected chi connectivity index (χ0v) is 15.6. The van der Waals surface area contributed by atoms with Crippen molar-refractivity contribution in [2.24, 2.45) is 0 Å². The minimum atomic E-state index is -0.802. The SMILES string of the molecule is O=C1CN(C(=O)COc2ccc3cc(-c4cc(F)cc(F)c4)c(=O)oc3c2)CCN1. The van der Waals surface area contributed by atoms with Gasteiger partial charge in [0.1, 0.15) is 23.0 Å². The van der Waals surface area contributed by atoms with Crippen molar-refractivity contribution < 1.29 is 27.5 Å². The number of ether oxygens (including phenoxy) is 1. The number of hydrogen-bond donors (Lipinski definition) is 1. The summed E-state index contributed by atoms with van der Waals surface area (Å²) < 4.78 is 37.7. The summed E-state index contributed by atoms with van der Waals surface area (Å²) in [7, 11) is 0. The van der Waals surface area contributed by atoms with E-state index in [1.54, 1.807) is 12.1 Å². The Morgan fingerprint density at radius 2 is 1.87 bits per heavy atom. The molecule has 1 fully saturated rings. The van der Waals surface area contributed by atoms with E-state index in [4.69, 9.17) is 9.15 Å². The Balaban J connectivity index is 1.54. The second kappa shape index (κ2) is 7.94. The van der Waals surface area contributed by atoms with Gasteiger partial charge in [0.05, 0.1) is 12.1 Å². The van der Waals surface area contributed by atoms with E-state index >= 15 is 0 Å². The lowest BCUT2D eigenvalue weighted by Gasteiger charge is -2.26. The van der Waals surface area contributed by atoms with E-state index in [0.29, 0.717) is 30.3 Å². The van der Waals surface area contributed by atoms with Gasteiger partial charge in [-0.05, 0) is 35.9 Å². The van der Waals surface area contributed by atoms with Gasteiger partial charge in [0.15, 0.2) is 6.61 Å². The first-order valence-electron chi connectivity index (χ1n) is 9.11. The van der Waals surface area contributed by atoms with Crippen LogP contribution in [0.5, 0.6) is 5.75 Å². The minimum absolute atomic E-state index is 0.0156. The molecule has 0 radical (unpaired) electrons. The molecule has 154 valence electrons. The highest BCUT2D eigenvalue weighted by atomic mass is 19.1. The van der Waals surface area contributed by atoms with Crippen molar-refractivity contribution >= 4 is 22.8 Å².